The summed E-state index contributed by atoms with van der Waals surface area (Å²) in [4.78, 5) is 23.6. The molecule has 113 valence electrons. The first kappa shape index (κ1) is 15.5. The van der Waals surface area contributed by atoms with Crippen LogP contribution in [0.3, 0.4) is 0 Å². The average molecular weight is 333 g/mol. The summed E-state index contributed by atoms with van der Waals surface area (Å²) in [6.45, 7) is 2.56. The van der Waals surface area contributed by atoms with Gasteiger partial charge in [0.15, 0.2) is 0 Å². The summed E-state index contributed by atoms with van der Waals surface area (Å²) in [6, 6.07) is 10.9. The standard InChI is InChI=1S/C16H15NO3.Cu/c1-10-2-4-11(5-3-10)15(18)14-7-6-13-12(16(19)20)8-9-17(13)14;/h2-7,12H,8-9H2,1H3,(H,19,20);. The number of ketones is 1. The van der Waals surface area contributed by atoms with Gasteiger partial charge >= 0.3 is 5.97 Å². The molecule has 1 aromatic carbocycles. The SMILES string of the molecule is Cc1ccc(C(=O)c2ccc3n2CCC3C(=O)O)cc1.[Cu]. The molecule has 0 amide bonds. The van der Waals surface area contributed by atoms with Gasteiger partial charge in [-0.1, -0.05) is 29.8 Å². The molecule has 1 atom stereocenters. The number of hydrogen-bond donors (Lipinski definition) is 1. The van der Waals surface area contributed by atoms with Gasteiger partial charge in [-0.05, 0) is 25.5 Å². The number of fused-ring (bicyclic) bond motifs is 1. The van der Waals surface area contributed by atoms with Crippen molar-refractivity contribution in [2.75, 3.05) is 0 Å². The van der Waals surface area contributed by atoms with Crippen LogP contribution in [0.1, 0.15) is 39.6 Å². The number of hydrogen-bond acceptors (Lipinski definition) is 2. The van der Waals surface area contributed by atoms with Crippen LogP contribution in [-0.2, 0) is 28.4 Å². The van der Waals surface area contributed by atoms with Crippen LogP contribution in [0.15, 0.2) is 36.4 Å². The third-order valence-corrected chi connectivity index (χ3v) is 3.86. The summed E-state index contributed by atoms with van der Waals surface area (Å²) in [5, 5.41) is 9.16. The summed E-state index contributed by atoms with van der Waals surface area (Å²) < 4.78 is 1.83. The van der Waals surface area contributed by atoms with Gasteiger partial charge in [-0.25, -0.2) is 0 Å². The Bertz CT molecular complexity index is 688. The molecule has 2 aromatic rings. The summed E-state index contributed by atoms with van der Waals surface area (Å²) >= 11 is 0. The van der Waals surface area contributed by atoms with E-state index in [9.17, 15) is 9.59 Å². The number of carboxylic acids is 1. The second-order valence-electron chi connectivity index (χ2n) is 5.17. The minimum atomic E-state index is -0.823. The van der Waals surface area contributed by atoms with Gasteiger partial charge in [-0.15, -0.1) is 0 Å². The normalized spacial score (nSPS) is 16.1. The zero-order chi connectivity index (χ0) is 14.3. The maximum absolute atomic E-state index is 12.5. The van der Waals surface area contributed by atoms with Gasteiger partial charge in [0.25, 0.3) is 0 Å². The van der Waals surface area contributed by atoms with E-state index in [4.69, 9.17) is 5.11 Å². The van der Waals surface area contributed by atoms with E-state index in [-0.39, 0.29) is 22.9 Å². The van der Waals surface area contributed by atoms with E-state index in [1.54, 1.807) is 24.3 Å². The Hall–Kier alpha value is -1.84. The minimum Gasteiger partial charge on any atom is -0.481 e. The number of aryl methyl sites for hydroxylation is 1. The smallest absolute Gasteiger partial charge is 0.312 e. The second kappa shape index (κ2) is 5.88. The van der Waals surface area contributed by atoms with Crippen LogP contribution >= 0.6 is 0 Å². The zero-order valence-electron chi connectivity index (χ0n) is 11.5. The van der Waals surface area contributed by atoms with Crippen molar-refractivity contribution >= 4 is 11.8 Å². The summed E-state index contributed by atoms with van der Waals surface area (Å²) in [6.07, 6.45) is 0.555. The van der Waals surface area contributed by atoms with Gasteiger partial charge < -0.3 is 9.67 Å². The van der Waals surface area contributed by atoms with Gasteiger partial charge in [0, 0.05) is 34.9 Å². The number of nitrogens with zero attached hydrogens (tertiary/aromatic N) is 1. The monoisotopic (exact) mass is 332 g/mol. The average Bonchev–Trinajstić information content (AvgIpc) is 2.99. The molecule has 0 aliphatic carbocycles. The fourth-order valence-corrected chi connectivity index (χ4v) is 2.74. The van der Waals surface area contributed by atoms with Gasteiger partial charge in [0.05, 0.1) is 11.6 Å². The summed E-state index contributed by atoms with van der Waals surface area (Å²) in [7, 11) is 0. The zero-order valence-corrected chi connectivity index (χ0v) is 12.4. The molecule has 0 bridgehead atoms. The molecule has 0 fully saturated rings. The van der Waals surface area contributed by atoms with Crippen molar-refractivity contribution < 1.29 is 31.8 Å². The Kier molecular flexibility index (Phi) is 4.35. The number of carbonyl (C=O) groups is 2. The number of aliphatic carboxylic acids is 1. The van der Waals surface area contributed by atoms with E-state index in [1.165, 1.54) is 0 Å². The molecule has 1 aliphatic rings. The van der Waals surface area contributed by atoms with E-state index in [0.29, 0.717) is 24.2 Å². The van der Waals surface area contributed by atoms with E-state index in [1.807, 2.05) is 23.6 Å². The van der Waals surface area contributed by atoms with E-state index >= 15 is 0 Å². The Morgan fingerprint density at radius 1 is 1.14 bits per heavy atom. The molecule has 0 saturated carbocycles. The quantitative estimate of drug-likeness (QED) is 0.694. The van der Waals surface area contributed by atoms with Crippen LogP contribution in [0.2, 0.25) is 0 Å². The van der Waals surface area contributed by atoms with Crippen LogP contribution in [0.4, 0.5) is 0 Å². The van der Waals surface area contributed by atoms with Crippen molar-refractivity contribution in [2.24, 2.45) is 0 Å². The fraction of sp³-hybridized carbons (Fsp3) is 0.250. The topological polar surface area (TPSA) is 59.3 Å². The number of benzene rings is 1. The first-order valence-corrected chi connectivity index (χ1v) is 6.61. The van der Waals surface area contributed by atoms with E-state index in [2.05, 4.69) is 0 Å². The molecule has 1 aromatic heterocycles. The largest absolute Gasteiger partial charge is 0.481 e. The van der Waals surface area contributed by atoms with Gasteiger partial charge in [0.1, 0.15) is 0 Å². The van der Waals surface area contributed by atoms with Crippen molar-refractivity contribution in [2.45, 2.75) is 25.8 Å². The molecule has 0 spiro atoms. The van der Waals surface area contributed by atoms with Gasteiger partial charge in [-0.3, -0.25) is 9.59 Å². The maximum atomic E-state index is 12.5. The molecule has 3 rings (SSSR count). The Balaban J connectivity index is 0.00000161. The number of carboxylic acid groups (broad SMARTS) is 1. The predicted molar refractivity (Wildman–Crippen MR) is 74.0 cm³/mol. The van der Waals surface area contributed by atoms with Crippen LogP contribution in [0, 0.1) is 6.92 Å². The molecule has 4 nitrogen and oxygen atoms in total. The predicted octanol–water partition coefficient (Wildman–Crippen LogP) is 2.60. The van der Waals surface area contributed by atoms with Crippen LogP contribution in [0.25, 0.3) is 0 Å². The van der Waals surface area contributed by atoms with Crippen LogP contribution < -0.4 is 0 Å². The summed E-state index contributed by atoms with van der Waals surface area (Å²) in [5.74, 6) is -1.37. The molecule has 2 heterocycles. The molecule has 0 saturated heterocycles. The van der Waals surface area contributed by atoms with Crippen LogP contribution in [0.5, 0.6) is 0 Å². The van der Waals surface area contributed by atoms with Crippen molar-refractivity contribution in [1.29, 1.82) is 0 Å². The number of aromatic nitrogens is 1. The molecule has 5 heteroatoms. The fourth-order valence-electron chi connectivity index (χ4n) is 2.74. The van der Waals surface area contributed by atoms with Crippen molar-refractivity contribution in [3.05, 3.63) is 58.9 Å². The third kappa shape index (κ3) is 2.67. The number of carbonyl (C=O) groups excluding carboxylic acids is 1. The molecule has 1 radical (unpaired) electrons. The Morgan fingerprint density at radius 3 is 2.43 bits per heavy atom. The van der Waals surface area contributed by atoms with Crippen LogP contribution in [-0.4, -0.2) is 21.4 Å². The maximum Gasteiger partial charge on any atom is 0.312 e. The van der Waals surface area contributed by atoms with Crippen molar-refractivity contribution in [3.63, 3.8) is 0 Å². The summed E-state index contributed by atoms with van der Waals surface area (Å²) in [5.41, 5.74) is 3.05. The Labute approximate surface area is 133 Å². The number of rotatable bonds is 3. The molecule has 1 aliphatic heterocycles. The van der Waals surface area contributed by atoms with E-state index in [0.717, 1.165) is 11.3 Å². The van der Waals surface area contributed by atoms with Crippen molar-refractivity contribution in [1.82, 2.24) is 4.57 Å². The molecule has 1 N–H and O–H groups in total. The Morgan fingerprint density at radius 2 is 1.81 bits per heavy atom. The molecule has 21 heavy (non-hydrogen) atoms. The molecular formula is C16H15CuNO3. The minimum absolute atomic E-state index is 0. The second-order valence-corrected chi connectivity index (χ2v) is 5.17. The first-order valence-electron chi connectivity index (χ1n) is 6.61. The van der Waals surface area contributed by atoms with Gasteiger partial charge in [-0.2, -0.15) is 0 Å². The molecular weight excluding hydrogens is 318 g/mol. The third-order valence-electron chi connectivity index (χ3n) is 3.86. The van der Waals surface area contributed by atoms with Gasteiger partial charge in [0.2, 0.25) is 5.78 Å². The van der Waals surface area contributed by atoms with Crippen molar-refractivity contribution in [3.8, 4) is 0 Å². The molecule has 1 unspecified atom stereocenters. The first-order chi connectivity index (χ1) is 9.58. The van der Waals surface area contributed by atoms with E-state index < -0.39 is 11.9 Å².